The minimum Gasteiger partial charge on any atom is -0.506 e. The summed E-state index contributed by atoms with van der Waals surface area (Å²) in [4.78, 5) is 53.5. The van der Waals surface area contributed by atoms with Crippen molar-refractivity contribution in [2.45, 2.75) is 12.8 Å². The fourth-order valence-electron chi connectivity index (χ4n) is 3.24. The van der Waals surface area contributed by atoms with Gasteiger partial charge in [-0.1, -0.05) is 11.6 Å². The Kier molecular flexibility index (Phi) is 5.43. The van der Waals surface area contributed by atoms with Crippen LogP contribution < -0.4 is 10.7 Å². The standard InChI is InChI=1S/C21H16ClN3O6/c22-11-9-13-16(10-15(11)27)31-20-12(24-13)3-4-14(26)19(20)21(30)23-7-1-2-8-25-17(28)5-6-18(25)29/h3-6,9-10,27H,1-2,7-8H2,(H,23,30). The second-order valence-electron chi connectivity index (χ2n) is 6.90. The van der Waals surface area contributed by atoms with Crippen LogP contribution in [0.3, 0.4) is 0 Å². The molecule has 0 saturated carbocycles. The first-order valence-electron chi connectivity index (χ1n) is 9.43. The molecule has 0 saturated heterocycles. The number of aromatic nitrogens is 1. The molecule has 0 radical (unpaired) electrons. The van der Waals surface area contributed by atoms with Gasteiger partial charge in [0.25, 0.3) is 17.7 Å². The Labute approximate surface area is 180 Å². The Hall–Kier alpha value is -3.72. The fourth-order valence-corrected chi connectivity index (χ4v) is 3.40. The number of phenols is 1. The highest BCUT2D eigenvalue weighted by Gasteiger charge is 2.24. The molecular formula is C21H16ClN3O6. The van der Waals surface area contributed by atoms with E-state index in [2.05, 4.69) is 10.3 Å². The molecule has 1 aromatic carbocycles. The minimum absolute atomic E-state index is 0.00134. The SMILES string of the molecule is O=C(NCCCCN1C(=O)C=CC1=O)c1c2oc3cc(O)c(Cl)cc3nc-2ccc1=O. The average molecular weight is 442 g/mol. The molecule has 0 spiro atoms. The van der Waals surface area contributed by atoms with Crippen LogP contribution in [0.15, 0.2) is 45.6 Å². The average Bonchev–Trinajstić information content (AvgIpc) is 3.05. The van der Waals surface area contributed by atoms with Crippen molar-refractivity contribution in [1.29, 1.82) is 0 Å². The number of nitrogens with one attached hydrogen (secondary N) is 1. The summed E-state index contributed by atoms with van der Waals surface area (Å²) in [6.07, 6.45) is 3.42. The maximum absolute atomic E-state index is 12.7. The fraction of sp³-hybridized carbons (Fsp3) is 0.190. The molecule has 158 valence electrons. The van der Waals surface area contributed by atoms with Crippen LogP contribution in [-0.2, 0) is 9.59 Å². The van der Waals surface area contributed by atoms with E-state index in [1.807, 2.05) is 0 Å². The van der Waals surface area contributed by atoms with Crippen LogP contribution in [0, 0.1) is 0 Å². The van der Waals surface area contributed by atoms with E-state index in [1.54, 1.807) is 0 Å². The van der Waals surface area contributed by atoms with Crippen LogP contribution in [-0.4, -0.2) is 45.8 Å². The van der Waals surface area contributed by atoms with Gasteiger partial charge in [-0.25, -0.2) is 4.98 Å². The van der Waals surface area contributed by atoms with E-state index in [1.165, 1.54) is 36.4 Å². The molecule has 9 nitrogen and oxygen atoms in total. The monoisotopic (exact) mass is 441 g/mol. The van der Waals surface area contributed by atoms with E-state index in [0.29, 0.717) is 18.4 Å². The number of aromatic hydroxyl groups is 1. The molecule has 2 aliphatic heterocycles. The van der Waals surface area contributed by atoms with Gasteiger partial charge in [-0.3, -0.25) is 24.1 Å². The van der Waals surface area contributed by atoms with Gasteiger partial charge in [0, 0.05) is 31.3 Å². The molecule has 3 aliphatic rings. The van der Waals surface area contributed by atoms with E-state index in [0.717, 1.165) is 4.90 Å². The number of imide groups is 1. The van der Waals surface area contributed by atoms with Crippen molar-refractivity contribution in [1.82, 2.24) is 15.2 Å². The molecule has 2 N–H and O–H groups in total. The highest BCUT2D eigenvalue weighted by Crippen LogP contribution is 2.32. The molecule has 10 heteroatoms. The number of phenolic OH excluding ortho intramolecular Hbond substituents is 1. The quantitative estimate of drug-likeness (QED) is 0.340. The summed E-state index contributed by atoms with van der Waals surface area (Å²) in [5.74, 6) is -1.55. The third kappa shape index (κ3) is 3.99. The number of amides is 3. The van der Waals surface area contributed by atoms with E-state index < -0.39 is 11.3 Å². The summed E-state index contributed by atoms with van der Waals surface area (Å²) in [6.45, 7) is 0.481. The second kappa shape index (κ2) is 8.19. The number of carbonyl (C=O) groups excluding carboxylic acids is 3. The van der Waals surface area contributed by atoms with Crippen LogP contribution in [0.4, 0.5) is 0 Å². The zero-order valence-corrected chi connectivity index (χ0v) is 16.8. The number of halogens is 1. The van der Waals surface area contributed by atoms with Gasteiger partial charge in [-0.05, 0) is 31.0 Å². The van der Waals surface area contributed by atoms with Crippen molar-refractivity contribution in [3.8, 4) is 17.2 Å². The third-order valence-corrected chi connectivity index (χ3v) is 5.10. The molecule has 4 rings (SSSR count). The first-order chi connectivity index (χ1) is 14.8. The molecule has 2 heterocycles. The molecule has 0 atom stereocenters. The van der Waals surface area contributed by atoms with Gasteiger partial charge in [-0.2, -0.15) is 0 Å². The molecular weight excluding hydrogens is 426 g/mol. The lowest BCUT2D eigenvalue weighted by atomic mass is 10.1. The molecule has 1 aromatic rings. The molecule has 1 aliphatic carbocycles. The summed E-state index contributed by atoms with van der Waals surface area (Å²) in [5, 5.41) is 12.5. The number of hydrogen-bond donors (Lipinski definition) is 2. The normalized spacial score (nSPS) is 13.5. The summed E-state index contributed by atoms with van der Waals surface area (Å²) < 4.78 is 5.70. The second-order valence-corrected chi connectivity index (χ2v) is 7.30. The number of hydrogen-bond acceptors (Lipinski definition) is 7. The van der Waals surface area contributed by atoms with Gasteiger partial charge in [0.05, 0.1) is 5.02 Å². The topological polar surface area (TPSA) is 130 Å². The molecule has 3 amide bonds. The predicted molar refractivity (Wildman–Crippen MR) is 111 cm³/mol. The van der Waals surface area contributed by atoms with Crippen LogP contribution in [0.5, 0.6) is 5.75 Å². The van der Waals surface area contributed by atoms with Crippen molar-refractivity contribution < 1.29 is 23.9 Å². The third-order valence-electron chi connectivity index (χ3n) is 4.80. The van der Waals surface area contributed by atoms with E-state index in [9.17, 15) is 24.3 Å². The Morgan fingerprint density at radius 1 is 1.13 bits per heavy atom. The summed E-state index contributed by atoms with van der Waals surface area (Å²) in [6, 6.07) is 5.35. The van der Waals surface area contributed by atoms with Crippen LogP contribution in [0.1, 0.15) is 23.2 Å². The van der Waals surface area contributed by atoms with Gasteiger partial charge < -0.3 is 14.8 Å². The summed E-state index contributed by atoms with van der Waals surface area (Å²) in [5.41, 5.74) is 0.0869. The number of fused-ring (bicyclic) bond motifs is 2. The van der Waals surface area contributed by atoms with Crippen molar-refractivity contribution in [3.05, 3.63) is 57.2 Å². The highest BCUT2D eigenvalue weighted by molar-refractivity contribution is 6.32. The maximum Gasteiger partial charge on any atom is 0.259 e. The lowest BCUT2D eigenvalue weighted by molar-refractivity contribution is -0.136. The number of carbonyl (C=O) groups is 3. The van der Waals surface area contributed by atoms with Gasteiger partial charge in [0.15, 0.2) is 16.8 Å². The van der Waals surface area contributed by atoms with Crippen LogP contribution in [0.25, 0.3) is 22.6 Å². The number of unbranched alkanes of at least 4 members (excludes halogenated alkanes) is 1. The van der Waals surface area contributed by atoms with Gasteiger partial charge >= 0.3 is 0 Å². The zero-order valence-electron chi connectivity index (χ0n) is 16.1. The Morgan fingerprint density at radius 2 is 1.87 bits per heavy atom. The number of nitrogens with zero attached hydrogens (tertiary/aromatic N) is 2. The first kappa shape index (κ1) is 20.5. The predicted octanol–water partition coefficient (Wildman–Crippen LogP) is 2.09. The smallest absolute Gasteiger partial charge is 0.259 e. The van der Waals surface area contributed by atoms with Gasteiger partial charge in [0.2, 0.25) is 0 Å². The Balaban J connectivity index is 1.48. The Bertz CT molecular complexity index is 1260. The lowest BCUT2D eigenvalue weighted by Crippen LogP contribution is -2.32. The van der Waals surface area contributed by atoms with E-state index >= 15 is 0 Å². The van der Waals surface area contributed by atoms with Crippen molar-refractivity contribution in [2.75, 3.05) is 13.1 Å². The highest BCUT2D eigenvalue weighted by atomic mass is 35.5. The largest absolute Gasteiger partial charge is 0.506 e. The molecule has 0 fully saturated rings. The van der Waals surface area contributed by atoms with Crippen LogP contribution in [0.2, 0.25) is 5.02 Å². The van der Waals surface area contributed by atoms with E-state index in [4.69, 9.17) is 16.0 Å². The van der Waals surface area contributed by atoms with Crippen molar-refractivity contribution in [3.63, 3.8) is 0 Å². The molecule has 31 heavy (non-hydrogen) atoms. The van der Waals surface area contributed by atoms with E-state index in [-0.39, 0.29) is 58.3 Å². The number of rotatable bonds is 6. The summed E-state index contributed by atoms with van der Waals surface area (Å²) >= 11 is 5.90. The minimum atomic E-state index is -0.631. The molecule has 0 unspecified atom stereocenters. The molecule has 0 bridgehead atoms. The zero-order chi connectivity index (χ0) is 22.1. The number of benzene rings is 2. The van der Waals surface area contributed by atoms with Crippen LogP contribution >= 0.6 is 11.6 Å². The van der Waals surface area contributed by atoms with Crippen molar-refractivity contribution >= 4 is 40.4 Å². The van der Waals surface area contributed by atoms with Gasteiger partial charge in [0.1, 0.15) is 22.5 Å². The first-order valence-corrected chi connectivity index (χ1v) is 9.81. The van der Waals surface area contributed by atoms with Crippen molar-refractivity contribution in [2.24, 2.45) is 0 Å². The summed E-state index contributed by atoms with van der Waals surface area (Å²) in [7, 11) is 0. The molecule has 0 aromatic heterocycles. The Morgan fingerprint density at radius 3 is 2.61 bits per heavy atom. The van der Waals surface area contributed by atoms with Gasteiger partial charge in [-0.15, -0.1) is 0 Å². The maximum atomic E-state index is 12.7. The lowest BCUT2D eigenvalue weighted by Gasteiger charge is -2.14.